The maximum atomic E-state index is 12.5. The average Bonchev–Trinajstić information content (AvgIpc) is 3.01. The van der Waals surface area contributed by atoms with E-state index in [1.807, 2.05) is 32.0 Å². The second kappa shape index (κ2) is 9.34. The maximum Gasteiger partial charge on any atom is 0.262 e. The van der Waals surface area contributed by atoms with Gasteiger partial charge in [-0.25, -0.2) is 4.98 Å². The van der Waals surface area contributed by atoms with Crippen LogP contribution in [0.5, 0.6) is 11.5 Å². The second-order valence-electron chi connectivity index (χ2n) is 7.02. The van der Waals surface area contributed by atoms with E-state index in [0.717, 1.165) is 5.56 Å². The first-order chi connectivity index (χ1) is 14.8. The Labute approximate surface area is 180 Å². The number of Topliss-reactive ketones (excluding diaryl/α,β-unsaturated/α-hetero) is 1. The van der Waals surface area contributed by atoms with E-state index in [4.69, 9.17) is 9.47 Å². The van der Waals surface area contributed by atoms with Gasteiger partial charge in [-0.05, 0) is 56.7 Å². The molecule has 31 heavy (non-hydrogen) atoms. The fourth-order valence-electron chi connectivity index (χ4n) is 3.19. The fraction of sp³-hybridized carbons (Fsp3) is 0.261. The molecule has 2 aromatic carbocycles. The molecule has 0 fully saturated rings. The Kier molecular flexibility index (Phi) is 6.59. The fourth-order valence-corrected chi connectivity index (χ4v) is 3.19. The Morgan fingerprint density at radius 3 is 2.52 bits per heavy atom. The Morgan fingerprint density at radius 2 is 1.87 bits per heavy atom. The van der Waals surface area contributed by atoms with Crippen LogP contribution in [0.1, 0.15) is 35.6 Å². The first kappa shape index (κ1) is 21.9. The van der Waals surface area contributed by atoms with Crippen LogP contribution in [-0.2, 0) is 4.79 Å². The van der Waals surface area contributed by atoms with Gasteiger partial charge in [-0.3, -0.25) is 9.59 Å². The molecule has 3 aromatic rings. The van der Waals surface area contributed by atoms with Crippen molar-refractivity contribution in [1.29, 1.82) is 0 Å². The number of ether oxygens (including phenoxy) is 2. The molecule has 0 aliphatic carbocycles. The SMILES string of the molecule is CCOc1cc(-c2nc(C)c(C(C)=O)n2[O-])ccc1OCC(=O)Nc1cccc(C)c1. The van der Waals surface area contributed by atoms with E-state index in [9.17, 15) is 14.8 Å². The van der Waals surface area contributed by atoms with E-state index in [1.54, 1.807) is 31.2 Å². The number of hydrogen-bond donors (Lipinski definition) is 1. The van der Waals surface area contributed by atoms with E-state index in [2.05, 4.69) is 10.3 Å². The highest BCUT2D eigenvalue weighted by Gasteiger charge is 2.17. The van der Waals surface area contributed by atoms with Gasteiger partial charge >= 0.3 is 0 Å². The van der Waals surface area contributed by atoms with Crippen molar-refractivity contribution in [3.63, 3.8) is 0 Å². The smallest absolute Gasteiger partial charge is 0.262 e. The number of nitrogens with zero attached hydrogens (tertiary/aromatic N) is 2. The van der Waals surface area contributed by atoms with Crippen LogP contribution in [0.4, 0.5) is 5.69 Å². The van der Waals surface area contributed by atoms with Crippen LogP contribution in [0.2, 0.25) is 0 Å². The van der Waals surface area contributed by atoms with Gasteiger partial charge in [-0.15, -0.1) is 0 Å². The molecule has 1 N–H and O–H groups in total. The predicted molar refractivity (Wildman–Crippen MR) is 118 cm³/mol. The molecule has 1 aromatic heterocycles. The summed E-state index contributed by atoms with van der Waals surface area (Å²) in [6.07, 6.45) is 0. The van der Waals surface area contributed by atoms with Crippen LogP contribution < -0.4 is 14.8 Å². The summed E-state index contributed by atoms with van der Waals surface area (Å²) in [6, 6.07) is 12.3. The van der Waals surface area contributed by atoms with Gasteiger partial charge in [0.2, 0.25) is 0 Å². The number of aryl methyl sites for hydroxylation is 2. The van der Waals surface area contributed by atoms with Gasteiger partial charge in [0.1, 0.15) is 11.5 Å². The highest BCUT2D eigenvalue weighted by Crippen LogP contribution is 2.33. The van der Waals surface area contributed by atoms with Gasteiger partial charge in [0.05, 0.1) is 12.3 Å². The van der Waals surface area contributed by atoms with Crippen LogP contribution in [-0.4, -0.2) is 34.6 Å². The number of imidazole rings is 1. The van der Waals surface area contributed by atoms with Crippen LogP contribution in [0.3, 0.4) is 0 Å². The van der Waals surface area contributed by atoms with Gasteiger partial charge in [-0.1, -0.05) is 12.1 Å². The Morgan fingerprint density at radius 1 is 1.10 bits per heavy atom. The number of nitrogens with one attached hydrogen (secondary N) is 1. The number of amides is 1. The van der Waals surface area contributed by atoms with Gasteiger partial charge in [0.15, 0.2) is 23.9 Å². The molecule has 162 valence electrons. The molecule has 0 aliphatic heterocycles. The van der Waals surface area contributed by atoms with E-state index < -0.39 is 0 Å². The van der Waals surface area contributed by atoms with E-state index in [-0.39, 0.29) is 29.8 Å². The molecule has 3 rings (SSSR count). The summed E-state index contributed by atoms with van der Waals surface area (Å²) < 4.78 is 11.8. The molecule has 8 nitrogen and oxygen atoms in total. The minimum Gasteiger partial charge on any atom is -0.804 e. The van der Waals surface area contributed by atoms with Gasteiger partial charge < -0.3 is 24.7 Å². The molecule has 1 amide bonds. The zero-order chi connectivity index (χ0) is 22.5. The number of benzene rings is 2. The van der Waals surface area contributed by atoms with Crippen molar-refractivity contribution in [2.45, 2.75) is 27.7 Å². The number of aromatic nitrogens is 2. The first-order valence-electron chi connectivity index (χ1n) is 9.84. The van der Waals surface area contributed by atoms with Crippen LogP contribution in [0.25, 0.3) is 11.4 Å². The van der Waals surface area contributed by atoms with Crippen LogP contribution in [0, 0.1) is 19.1 Å². The van der Waals surface area contributed by atoms with Crippen molar-refractivity contribution in [3.05, 3.63) is 64.6 Å². The summed E-state index contributed by atoms with van der Waals surface area (Å²) in [6.45, 7) is 6.84. The third-order valence-electron chi connectivity index (χ3n) is 4.51. The molecule has 0 aliphatic rings. The normalized spacial score (nSPS) is 10.6. The predicted octanol–water partition coefficient (Wildman–Crippen LogP) is 4.13. The zero-order valence-corrected chi connectivity index (χ0v) is 17.9. The quantitative estimate of drug-likeness (QED) is 0.547. The largest absolute Gasteiger partial charge is 0.804 e. The Hall–Kier alpha value is -3.81. The standard InChI is InChI=1S/C23H24N3O5/c1-5-30-20-12-17(23-24-15(3)22(16(4)27)26(23)29)9-10-19(20)31-13-21(28)25-18-8-6-7-14(2)11-18/h6-12H,5,13H2,1-4H3,(H,25,28)/q-1. The number of ketones is 1. The molecule has 8 heteroatoms. The van der Waals surface area contributed by atoms with E-state index in [0.29, 0.717) is 39.8 Å². The number of hydrogen-bond acceptors (Lipinski definition) is 6. The number of rotatable bonds is 8. The molecule has 1 heterocycles. The summed E-state index contributed by atoms with van der Waals surface area (Å²) in [5, 5.41) is 15.3. The molecule has 0 bridgehead atoms. The van der Waals surface area contributed by atoms with Crippen LogP contribution >= 0.6 is 0 Å². The number of carbonyl (C=O) groups excluding carboxylic acids is 2. The third kappa shape index (κ3) is 5.03. The summed E-state index contributed by atoms with van der Waals surface area (Å²) in [4.78, 5) is 28.2. The van der Waals surface area contributed by atoms with Crippen molar-refractivity contribution in [3.8, 4) is 22.9 Å². The Bertz CT molecular complexity index is 1120. The minimum atomic E-state index is -0.351. The molecule has 0 unspecified atom stereocenters. The first-order valence-corrected chi connectivity index (χ1v) is 9.84. The molecule has 0 spiro atoms. The van der Waals surface area contributed by atoms with Crippen molar-refractivity contribution in [2.75, 3.05) is 18.5 Å². The molecular weight excluding hydrogens is 398 g/mol. The molecule has 0 saturated heterocycles. The zero-order valence-electron chi connectivity index (χ0n) is 17.9. The Balaban J connectivity index is 1.79. The van der Waals surface area contributed by atoms with E-state index in [1.165, 1.54) is 6.92 Å². The van der Waals surface area contributed by atoms with Crippen molar-refractivity contribution >= 4 is 17.4 Å². The van der Waals surface area contributed by atoms with Crippen molar-refractivity contribution in [1.82, 2.24) is 9.71 Å². The summed E-state index contributed by atoms with van der Waals surface area (Å²) in [7, 11) is 0. The average molecular weight is 422 g/mol. The lowest BCUT2D eigenvalue weighted by Crippen LogP contribution is -2.20. The van der Waals surface area contributed by atoms with Crippen molar-refractivity contribution in [2.24, 2.45) is 0 Å². The van der Waals surface area contributed by atoms with Gasteiger partial charge in [-0.2, -0.15) is 0 Å². The number of anilines is 1. The molecule has 0 atom stereocenters. The van der Waals surface area contributed by atoms with Gasteiger partial charge in [0, 0.05) is 18.2 Å². The summed E-state index contributed by atoms with van der Waals surface area (Å²) in [5.41, 5.74) is 2.58. The second-order valence-corrected chi connectivity index (χ2v) is 7.02. The summed E-state index contributed by atoms with van der Waals surface area (Å²) in [5.74, 6) is 0.170. The lowest BCUT2D eigenvalue weighted by Gasteiger charge is -2.16. The highest BCUT2D eigenvalue weighted by molar-refractivity contribution is 5.94. The topological polar surface area (TPSA) is 106 Å². The monoisotopic (exact) mass is 422 g/mol. The van der Waals surface area contributed by atoms with Crippen molar-refractivity contribution < 1.29 is 19.1 Å². The third-order valence-corrected chi connectivity index (χ3v) is 4.51. The minimum absolute atomic E-state index is 0.0149. The van der Waals surface area contributed by atoms with Crippen LogP contribution in [0.15, 0.2) is 42.5 Å². The molecule has 0 radical (unpaired) electrons. The molecular formula is C23H24N3O5-. The molecule has 0 saturated carbocycles. The lowest BCUT2D eigenvalue weighted by molar-refractivity contribution is -0.118. The summed E-state index contributed by atoms with van der Waals surface area (Å²) >= 11 is 0. The number of carbonyl (C=O) groups is 2. The van der Waals surface area contributed by atoms with E-state index >= 15 is 0 Å². The maximum absolute atomic E-state index is 12.5. The highest BCUT2D eigenvalue weighted by atomic mass is 16.5. The lowest BCUT2D eigenvalue weighted by atomic mass is 10.2. The van der Waals surface area contributed by atoms with Gasteiger partial charge in [0.25, 0.3) is 5.91 Å².